The molecule has 1 aromatic carbocycles. The van der Waals surface area contributed by atoms with Crippen molar-refractivity contribution < 1.29 is 24.6 Å². The highest BCUT2D eigenvalue weighted by Crippen LogP contribution is 2.12. The number of anilines is 4. The number of amides is 1. The quantitative estimate of drug-likeness (QED) is 0.131. The van der Waals surface area contributed by atoms with Crippen LogP contribution in [0.5, 0.6) is 0 Å². The second kappa shape index (κ2) is 13.3. The van der Waals surface area contributed by atoms with Gasteiger partial charge in [-0.15, -0.1) is 0 Å². The van der Waals surface area contributed by atoms with E-state index in [1.54, 1.807) is 18.2 Å². The van der Waals surface area contributed by atoms with Crippen molar-refractivity contribution in [1.29, 1.82) is 0 Å². The molecule has 0 saturated heterocycles. The van der Waals surface area contributed by atoms with Crippen LogP contribution in [0.4, 0.5) is 23.4 Å². The lowest BCUT2D eigenvalue weighted by molar-refractivity contribution is -0.140. The van der Waals surface area contributed by atoms with E-state index in [2.05, 4.69) is 40.5 Å². The van der Waals surface area contributed by atoms with E-state index in [-0.39, 0.29) is 48.0 Å². The highest BCUT2D eigenvalue weighted by Gasteiger charge is 2.21. The van der Waals surface area contributed by atoms with Gasteiger partial charge in [0, 0.05) is 29.4 Å². The Labute approximate surface area is 231 Å². The molecule has 0 unspecified atom stereocenters. The summed E-state index contributed by atoms with van der Waals surface area (Å²) in [6, 6.07) is 6.53. The number of H-pyrrole nitrogens is 1. The SMILES string of the molecule is Cc1cc(N)nc(N)n1.Nc1nc2ncc(CNc3ccc(C(=O)N[C@@H](CCC(=O)O)C(=O)O)cc3)nc2c(=O)[nH]1. The molecule has 0 aliphatic carbocycles. The summed E-state index contributed by atoms with van der Waals surface area (Å²) in [5.41, 5.74) is 17.8. The Morgan fingerprint density at radius 3 is 2.34 bits per heavy atom. The molecule has 17 nitrogen and oxygen atoms in total. The molecular weight excluding hydrogens is 538 g/mol. The number of carboxylic acids is 2. The van der Waals surface area contributed by atoms with E-state index in [0.29, 0.717) is 17.2 Å². The number of nitrogens with zero attached hydrogens (tertiary/aromatic N) is 5. The molecule has 1 atom stereocenters. The number of nitrogens with one attached hydrogen (secondary N) is 3. The van der Waals surface area contributed by atoms with Crippen LogP contribution in [0.25, 0.3) is 11.2 Å². The minimum atomic E-state index is -1.31. The molecule has 214 valence electrons. The van der Waals surface area contributed by atoms with Crippen LogP contribution in [0, 0.1) is 6.92 Å². The van der Waals surface area contributed by atoms with Gasteiger partial charge in [0.05, 0.1) is 18.4 Å². The Morgan fingerprint density at radius 2 is 1.73 bits per heavy atom. The van der Waals surface area contributed by atoms with Crippen molar-refractivity contribution in [1.82, 2.24) is 35.2 Å². The van der Waals surface area contributed by atoms with E-state index in [1.807, 2.05) is 6.92 Å². The largest absolute Gasteiger partial charge is 0.481 e. The lowest BCUT2D eigenvalue weighted by atomic mass is 10.1. The second-order valence-corrected chi connectivity index (χ2v) is 8.50. The van der Waals surface area contributed by atoms with Crippen LogP contribution < -0.4 is 33.4 Å². The van der Waals surface area contributed by atoms with E-state index < -0.39 is 29.4 Å². The third-order valence-electron chi connectivity index (χ3n) is 5.25. The number of carbonyl (C=O) groups is 3. The molecule has 0 saturated carbocycles. The molecule has 11 N–H and O–H groups in total. The van der Waals surface area contributed by atoms with E-state index in [0.717, 1.165) is 5.69 Å². The van der Waals surface area contributed by atoms with E-state index >= 15 is 0 Å². The van der Waals surface area contributed by atoms with Gasteiger partial charge in [0.25, 0.3) is 11.5 Å². The number of carbonyl (C=O) groups excluding carboxylic acids is 1. The smallest absolute Gasteiger partial charge is 0.326 e. The van der Waals surface area contributed by atoms with Crippen molar-refractivity contribution in [3.63, 3.8) is 0 Å². The summed E-state index contributed by atoms with van der Waals surface area (Å²) < 4.78 is 0. The first-order valence-electron chi connectivity index (χ1n) is 11.9. The number of nitrogen functional groups attached to an aromatic ring is 3. The Morgan fingerprint density at radius 1 is 1.02 bits per heavy atom. The number of hydrogen-bond donors (Lipinski definition) is 8. The maximum Gasteiger partial charge on any atom is 0.326 e. The minimum Gasteiger partial charge on any atom is -0.481 e. The maximum absolute atomic E-state index is 12.3. The van der Waals surface area contributed by atoms with Gasteiger partial charge in [-0.25, -0.2) is 19.7 Å². The molecule has 0 fully saturated rings. The molecule has 0 aliphatic rings. The fraction of sp³-hybridized carbons (Fsp3) is 0.208. The standard InChI is InChI=1S/C19H19N7O6.C5H8N4/c20-19-25-15-14(17(30)26-19)23-11(8-22-15)7-21-10-3-1-9(2-4-10)16(29)24-12(18(31)32)5-6-13(27)28;1-3-2-4(6)9-5(7)8-3/h1-4,8,12,21H,5-7H2,(H,24,29)(H,27,28)(H,31,32)(H3,20,22,25,26,30);2H,1H3,(H4,6,7,8,9)/t12-;/m0./s1. The molecule has 3 aromatic heterocycles. The van der Waals surface area contributed by atoms with Gasteiger partial charge in [0.1, 0.15) is 11.9 Å². The average Bonchev–Trinajstić information content (AvgIpc) is 2.89. The Balaban J connectivity index is 0.000000436. The van der Waals surface area contributed by atoms with Crippen molar-refractivity contribution in [2.24, 2.45) is 0 Å². The first-order chi connectivity index (χ1) is 19.4. The van der Waals surface area contributed by atoms with E-state index in [1.165, 1.54) is 18.3 Å². The Hall–Kier alpha value is -5.87. The van der Waals surface area contributed by atoms with Crippen LogP contribution in [-0.4, -0.2) is 64.0 Å². The number of rotatable bonds is 9. The van der Waals surface area contributed by atoms with Gasteiger partial charge < -0.3 is 38.0 Å². The predicted octanol–water partition coefficient (Wildman–Crippen LogP) is -0.0954. The van der Waals surface area contributed by atoms with Gasteiger partial charge in [0.2, 0.25) is 11.9 Å². The average molecular weight is 566 g/mol. The molecule has 0 spiro atoms. The second-order valence-electron chi connectivity index (χ2n) is 8.50. The van der Waals surface area contributed by atoms with Crippen molar-refractivity contribution in [3.05, 3.63) is 63.8 Å². The molecule has 1 amide bonds. The van der Waals surface area contributed by atoms with Crippen LogP contribution in [-0.2, 0) is 16.1 Å². The van der Waals surface area contributed by atoms with Crippen LogP contribution in [0.1, 0.15) is 34.6 Å². The summed E-state index contributed by atoms with van der Waals surface area (Å²) in [4.78, 5) is 68.1. The highest BCUT2D eigenvalue weighted by atomic mass is 16.4. The van der Waals surface area contributed by atoms with Gasteiger partial charge in [-0.05, 0) is 37.6 Å². The third-order valence-corrected chi connectivity index (χ3v) is 5.25. The summed E-state index contributed by atoms with van der Waals surface area (Å²) in [7, 11) is 0. The third kappa shape index (κ3) is 8.84. The number of aliphatic carboxylic acids is 2. The lowest BCUT2D eigenvalue weighted by Crippen LogP contribution is -2.41. The first kappa shape index (κ1) is 29.7. The zero-order chi connectivity index (χ0) is 30.1. The molecule has 0 aliphatic heterocycles. The highest BCUT2D eigenvalue weighted by molar-refractivity contribution is 5.97. The molecule has 0 radical (unpaired) electrons. The van der Waals surface area contributed by atoms with E-state index in [9.17, 15) is 19.2 Å². The summed E-state index contributed by atoms with van der Waals surface area (Å²) in [6.07, 6.45) is 0.840. The van der Waals surface area contributed by atoms with Crippen molar-refractivity contribution in [2.45, 2.75) is 32.4 Å². The van der Waals surface area contributed by atoms with Crippen LogP contribution >= 0.6 is 0 Å². The fourth-order valence-corrected chi connectivity index (χ4v) is 3.37. The van der Waals surface area contributed by atoms with Crippen LogP contribution in [0.2, 0.25) is 0 Å². The molecule has 0 bridgehead atoms. The number of aromatic amines is 1. The maximum atomic E-state index is 12.3. The number of fused-ring (bicyclic) bond motifs is 1. The number of hydrogen-bond acceptors (Lipinski definition) is 13. The zero-order valence-electron chi connectivity index (χ0n) is 21.7. The first-order valence-corrected chi connectivity index (χ1v) is 11.9. The molecule has 4 rings (SSSR count). The fourth-order valence-electron chi connectivity index (χ4n) is 3.37. The predicted molar refractivity (Wildman–Crippen MR) is 147 cm³/mol. The summed E-state index contributed by atoms with van der Waals surface area (Å²) in [5.74, 6) is -2.51. The van der Waals surface area contributed by atoms with Gasteiger partial charge in [-0.3, -0.25) is 19.4 Å². The normalized spacial score (nSPS) is 11.1. The van der Waals surface area contributed by atoms with Crippen molar-refractivity contribution in [3.8, 4) is 0 Å². The monoisotopic (exact) mass is 565 g/mol. The zero-order valence-corrected chi connectivity index (χ0v) is 21.7. The van der Waals surface area contributed by atoms with Gasteiger partial charge in [-0.1, -0.05) is 0 Å². The van der Waals surface area contributed by atoms with Gasteiger partial charge in [0.15, 0.2) is 11.2 Å². The van der Waals surface area contributed by atoms with Crippen molar-refractivity contribution >= 4 is 52.4 Å². The van der Waals surface area contributed by atoms with Crippen LogP contribution in [0.15, 0.2) is 41.3 Å². The van der Waals surface area contributed by atoms with Gasteiger partial charge >= 0.3 is 11.9 Å². The molecule has 4 aromatic rings. The number of benzene rings is 1. The Bertz CT molecular complexity index is 1570. The topological polar surface area (TPSA) is 291 Å². The van der Waals surface area contributed by atoms with Gasteiger partial charge in [-0.2, -0.15) is 9.97 Å². The van der Waals surface area contributed by atoms with E-state index in [4.69, 9.17) is 27.4 Å². The minimum absolute atomic E-state index is 0.0524. The molecule has 3 heterocycles. The number of carboxylic acid groups (broad SMARTS) is 2. The summed E-state index contributed by atoms with van der Waals surface area (Å²) in [5, 5.41) is 23.2. The number of aromatic nitrogens is 6. The summed E-state index contributed by atoms with van der Waals surface area (Å²) >= 11 is 0. The van der Waals surface area contributed by atoms with Crippen molar-refractivity contribution in [2.75, 3.05) is 22.5 Å². The summed E-state index contributed by atoms with van der Waals surface area (Å²) in [6.45, 7) is 2.04. The van der Waals surface area contributed by atoms with Crippen LogP contribution in [0.3, 0.4) is 0 Å². The molecule has 41 heavy (non-hydrogen) atoms. The molecular formula is C24H27N11O6. The Kier molecular flexibility index (Phi) is 9.61. The number of nitrogens with two attached hydrogens (primary N) is 3. The molecule has 17 heteroatoms. The number of aryl methyl sites for hydroxylation is 1. The lowest BCUT2D eigenvalue weighted by Gasteiger charge is -2.14.